The van der Waals surface area contributed by atoms with Gasteiger partial charge in [-0.2, -0.15) is 5.10 Å². The lowest BCUT2D eigenvalue weighted by atomic mass is 10.0. The van der Waals surface area contributed by atoms with Crippen molar-refractivity contribution < 1.29 is 23.7 Å². The zero-order valence-electron chi connectivity index (χ0n) is 18.7. The number of hydrogen-bond acceptors (Lipinski definition) is 7. The molecule has 0 aliphatic heterocycles. The average molecular weight is 464 g/mol. The number of non-ortho nitro benzene ring substituents is 1. The largest absolute Gasteiger partial charge is 0.455 e. The smallest absolute Gasteiger partial charge is 0.407 e. The maximum atomic E-state index is 12.4. The molecular formula is C24H24N4O6. The fourth-order valence-electron chi connectivity index (χ4n) is 3.26. The maximum absolute atomic E-state index is 12.4. The van der Waals surface area contributed by atoms with Gasteiger partial charge in [0.2, 0.25) is 5.91 Å². The Morgan fingerprint density at radius 1 is 1.18 bits per heavy atom. The van der Waals surface area contributed by atoms with E-state index in [1.165, 1.54) is 18.3 Å². The summed E-state index contributed by atoms with van der Waals surface area (Å²) >= 11 is 0. The van der Waals surface area contributed by atoms with Crippen LogP contribution in [0, 0.1) is 17.0 Å². The molecule has 10 heteroatoms. The minimum atomic E-state index is -0.614. The number of nitro benzene ring substituents is 1. The van der Waals surface area contributed by atoms with Crippen molar-refractivity contribution in [3.05, 3.63) is 87.7 Å². The first-order valence-corrected chi connectivity index (χ1v) is 10.5. The zero-order chi connectivity index (χ0) is 24.5. The highest BCUT2D eigenvalue weighted by molar-refractivity contribution is 5.82. The highest BCUT2D eigenvalue weighted by atomic mass is 16.6. The molecule has 2 aromatic carbocycles. The van der Waals surface area contributed by atoms with E-state index in [4.69, 9.17) is 9.15 Å². The van der Waals surface area contributed by atoms with Crippen molar-refractivity contribution in [1.82, 2.24) is 10.7 Å². The summed E-state index contributed by atoms with van der Waals surface area (Å²) in [6.07, 6.45) is 0.682. The second-order valence-corrected chi connectivity index (χ2v) is 7.28. The normalized spacial score (nSPS) is 11.7. The van der Waals surface area contributed by atoms with Crippen molar-refractivity contribution in [3.8, 4) is 11.3 Å². The molecule has 0 fully saturated rings. The number of amides is 2. The van der Waals surface area contributed by atoms with Crippen molar-refractivity contribution >= 4 is 23.9 Å². The molecule has 1 atom stereocenters. The third-order valence-corrected chi connectivity index (χ3v) is 4.85. The van der Waals surface area contributed by atoms with Crippen LogP contribution in [0.1, 0.15) is 36.3 Å². The summed E-state index contributed by atoms with van der Waals surface area (Å²) < 4.78 is 10.6. The van der Waals surface area contributed by atoms with Crippen molar-refractivity contribution in [1.29, 1.82) is 0 Å². The molecule has 176 valence electrons. The van der Waals surface area contributed by atoms with E-state index in [0.29, 0.717) is 22.6 Å². The molecule has 3 aromatic rings. The summed E-state index contributed by atoms with van der Waals surface area (Å²) in [5.41, 5.74) is 4.59. The summed E-state index contributed by atoms with van der Waals surface area (Å²) in [6.45, 7) is 3.67. The van der Waals surface area contributed by atoms with Gasteiger partial charge in [0.25, 0.3) is 5.69 Å². The van der Waals surface area contributed by atoms with Gasteiger partial charge in [-0.05, 0) is 43.2 Å². The fourth-order valence-corrected chi connectivity index (χ4v) is 3.26. The second kappa shape index (κ2) is 11.4. The van der Waals surface area contributed by atoms with Gasteiger partial charge in [-0.1, -0.05) is 30.3 Å². The van der Waals surface area contributed by atoms with Gasteiger partial charge in [-0.3, -0.25) is 14.9 Å². The Hall–Kier alpha value is -4.47. The monoisotopic (exact) mass is 464 g/mol. The number of alkyl carbamates (subject to hydrolysis) is 1. The molecule has 0 saturated heterocycles. The Labute approximate surface area is 195 Å². The molecular weight excluding hydrogens is 440 g/mol. The van der Waals surface area contributed by atoms with Crippen molar-refractivity contribution in [2.24, 2.45) is 5.10 Å². The number of nitrogens with one attached hydrogen (secondary N) is 2. The van der Waals surface area contributed by atoms with Crippen LogP contribution in [-0.4, -0.2) is 29.7 Å². The third-order valence-electron chi connectivity index (χ3n) is 4.85. The zero-order valence-corrected chi connectivity index (χ0v) is 18.7. The topological polar surface area (TPSA) is 136 Å². The first-order chi connectivity index (χ1) is 16.4. The van der Waals surface area contributed by atoms with Gasteiger partial charge in [0, 0.05) is 17.7 Å². The molecule has 0 radical (unpaired) electrons. The number of aryl methyl sites for hydroxylation is 1. The molecule has 34 heavy (non-hydrogen) atoms. The van der Waals surface area contributed by atoms with Crippen LogP contribution >= 0.6 is 0 Å². The molecule has 3 rings (SSSR count). The third kappa shape index (κ3) is 6.52. The van der Waals surface area contributed by atoms with E-state index >= 15 is 0 Å². The predicted octanol–water partition coefficient (Wildman–Crippen LogP) is 4.49. The van der Waals surface area contributed by atoms with Gasteiger partial charge in [-0.15, -0.1) is 0 Å². The van der Waals surface area contributed by atoms with Gasteiger partial charge < -0.3 is 14.5 Å². The minimum Gasteiger partial charge on any atom is -0.455 e. The average Bonchev–Trinajstić information content (AvgIpc) is 3.27. The minimum absolute atomic E-state index is 0.00329. The predicted molar refractivity (Wildman–Crippen MR) is 125 cm³/mol. The van der Waals surface area contributed by atoms with Crippen molar-refractivity contribution in [3.63, 3.8) is 0 Å². The lowest BCUT2D eigenvalue weighted by Crippen LogP contribution is -2.33. The van der Waals surface area contributed by atoms with E-state index in [0.717, 1.165) is 5.56 Å². The van der Waals surface area contributed by atoms with E-state index in [2.05, 4.69) is 15.8 Å². The molecule has 0 unspecified atom stereocenters. The summed E-state index contributed by atoms with van der Waals surface area (Å²) in [5, 5.41) is 17.5. The number of carbonyl (C=O) groups excluding carboxylic acids is 2. The summed E-state index contributed by atoms with van der Waals surface area (Å²) in [5.74, 6) is 0.486. The maximum Gasteiger partial charge on any atom is 0.407 e. The fraction of sp³-hybridized carbons (Fsp3) is 0.208. The van der Waals surface area contributed by atoms with Crippen molar-refractivity contribution in [2.75, 3.05) is 6.61 Å². The van der Waals surface area contributed by atoms with Crippen LogP contribution < -0.4 is 10.7 Å². The highest BCUT2D eigenvalue weighted by Crippen LogP contribution is 2.28. The van der Waals surface area contributed by atoms with Crippen LogP contribution in [-0.2, 0) is 9.53 Å². The van der Waals surface area contributed by atoms with E-state index in [1.807, 2.05) is 18.2 Å². The van der Waals surface area contributed by atoms with Crippen molar-refractivity contribution in [2.45, 2.75) is 26.3 Å². The molecule has 0 bridgehead atoms. The molecule has 0 aliphatic carbocycles. The Balaban J connectivity index is 1.62. The molecule has 0 aliphatic rings. The van der Waals surface area contributed by atoms with Gasteiger partial charge in [0.05, 0.1) is 30.2 Å². The number of hydrazone groups is 1. The molecule has 0 saturated carbocycles. The van der Waals surface area contributed by atoms with Crippen LogP contribution in [0.2, 0.25) is 0 Å². The van der Waals surface area contributed by atoms with Crippen LogP contribution in [0.25, 0.3) is 11.3 Å². The first-order valence-electron chi connectivity index (χ1n) is 10.5. The van der Waals surface area contributed by atoms with Crippen LogP contribution in [0.3, 0.4) is 0 Å². The quantitative estimate of drug-likeness (QED) is 0.272. The van der Waals surface area contributed by atoms with E-state index < -0.39 is 23.0 Å². The number of benzene rings is 2. The Morgan fingerprint density at radius 2 is 1.94 bits per heavy atom. The lowest BCUT2D eigenvalue weighted by Gasteiger charge is -2.17. The lowest BCUT2D eigenvalue weighted by molar-refractivity contribution is -0.384. The van der Waals surface area contributed by atoms with Crippen LogP contribution in [0.15, 0.2) is 70.2 Å². The van der Waals surface area contributed by atoms with Crippen LogP contribution in [0.5, 0.6) is 0 Å². The van der Waals surface area contributed by atoms with Gasteiger partial charge in [-0.25, -0.2) is 10.2 Å². The molecule has 0 spiro atoms. The number of furan rings is 1. The summed E-state index contributed by atoms with van der Waals surface area (Å²) in [6, 6.07) is 16.4. The number of hydrogen-bond donors (Lipinski definition) is 2. The standard InChI is InChI=1S/C24H24N4O6/c1-3-33-24(30)26-21(17-7-5-4-6-8-17)14-23(29)27-25-15-19-10-12-22(34-19)20-11-9-18(28(31)32)13-16(20)2/h4-13,15,21H,3,14H2,1-2H3,(H,26,30)(H,27,29)/b25-15-/t21-/m0/s1. The SMILES string of the molecule is CCOC(=O)N[C@@H](CC(=O)N/N=C\c1ccc(-c2ccc([N+](=O)[O-])cc2C)o1)c1ccccc1. The Bertz CT molecular complexity index is 1190. The molecule has 10 nitrogen and oxygen atoms in total. The van der Waals surface area contributed by atoms with Gasteiger partial charge in [0.1, 0.15) is 11.5 Å². The molecule has 1 aromatic heterocycles. The highest BCUT2D eigenvalue weighted by Gasteiger charge is 2.19. The number of carbonyl (C=O) groups is 2. The van der Waals surface area contributed by atoms with E-state index in [9.17, 15) is 19.7 Å². The second-order valence-electron chi connectivity index (χ2n) is 7.28. The van der Waals surface area contributed by atoms with Gasteiger partial charge in [0.15, 0.2) is 0 Å². The number of ether oxygens (including phenoxy) is 1. The molecule has 1 heterocycles. The Morgan fingerprint density at radius 3 is 2.62 bits per heavy atom. The summed E-state index contributed by atoms with van der Waals surface area (Å²) in [7, 11) is 0. The molecule has 2 N–H and O–H groups in total. The van der Waals surface area contributed by atoms with Crippen LogP contribution in [0.4, 0.5) is 10.5 Å². The number of nitrogens with zero attached hydrogens (tertiary/aromatic N) is 2. The van der Waals surface area contributed by atoms with Gasteiger partial charge >= 0.3 is 6.09 Å². The molecule has 2 amide bonds. The van der Waals surface area contributed by atoms with E-state index in [1.54, 1.807) is 44.2 Å². The summed E-state index contributed by atoms with van der Waals surface area (Å²) in [4.78, 5) is 34.7. The Kier molecular flexibility index (Phi) is 8.11. The van der Waals surface area contributed by atoms with E-state index in [-0.39, 0.29) is 18.7 Å². The first kappa shape index (κ1) is 24.2. The number of nitro groups is 1. The number of rotatable bonds is 9.